The zero-order chi connectivity index (χ0) is 14.7. The van der Waals surface area contributed by atoms with Crippen molar-refractivity contribution in [3.8, 4) is 17.2 Å². The van der Waals surface area contributed by atoms with Crippen LogP contribution in [0.2, 0.25) is 0 Å². The zero-order valence-corrected chi connectivity index (χ0v) is 12.2. The van der Waals surface area contributed by atoms with Gasteiger partial charge in [0.2, 0.25) is 0 Å². The van der Waals surface area contributed by atoms with Gasteiger partial charge in [-0.1, -0.05) is 0 Å². The Bertz CT molecular complexity index is 732. The summed E-state index contributed by atoms with van der Waals surface area (Å²) in [6, 6.07) is 13.8. The Hall–Kier alpha value is -2.49. The monoisotopic (exact) mass is 282 g/mol. The minimum atomic E-state index is 0.665. The number of benzene rings is 2. The molecule has 0 spiro atoms. The van der Waals surface area contributed by atoms with Crippen molar-refractivity contribution in [1.82, 2.24) is 9.78 Å². The normalized spacial score (nSPS) is 10.8. The molecule has 0 unspecified atom stereocenters. The predicted molar refractivity (Wildman–Crippen MR) is 83.4 cm³/mol. The Balaban J connectivity index is 1.92. The molecule has 0 atom stereocenters. The summed E-state index contributed by atoms with van der Waals surface area (Å²) < 4.78 is 12.8. The largest absolute Gasteiger partial charge is 0.494 e. The Morgan fingerprint density at radius 1 is 0.905 bits per heavy atom. The molecule has 3 aromatic rings. The Kier molecular flexibility index (Phi) is 3.77. The fourth-order valence-corrected chi connectivity index (χ4v) is 2.25. The topological polar surface area (TPSA) is 36.3 Å². The van der Waals surface area contributed by atoms with Crippen LogP contribution >= 0.6 is 0 Å². The Morgan fingerprint density at radius 2 is 1.57 bits per heavy atom. The lowest BCUT2D eigenvalue weighted by Gasteiger charge is -2.04. The molecule has 0 N–H and O–H groups in total. The van der Waals surface area contributed by atoms with E-state index in [1.54, 1.807) is 0 Å². The molecule has 108 valence electrons. The van der Waals surface area contributed by atoms with Gasteiger partial charge in [-0.2, -0.15) is 5.10 Å². The molecular weight excluding hydrogens is 264 g/mol. The third-order valence-electron chi connectivity index (χ3n) is 3.20. The molecule has 4 nitrogen and oxygen atoms in total. The van der Waals surface area contributed by atoms with Gasteiger partial charge in [0.25, 0.3) is 0 Å². The van der Waals surface area contributed by atoms with Crippen LogP contribution in [-0.2, 0) is 0 Å². The molecule has 1 aromatic heterocycles. The molecule has 2 aromatic carbocycles. The lowest BCUT2D eigenvalue weighted by atomic mass is 10.2. The van der Waals surface area contributed by atoms with E-state index >= 15 is 0 Å². The molecule has 1 heterocycles. The van der Waals surface area contributed by atoms with Gasteiger partial charge in [-0.25, -0.2) is 4.68 Å². The molecule has 21 heavy (non-hydrogen) atoms. The van der Waals surface area contributed by atoms with Crippen molar-refractivity contribution in [2.24, 2.45) is 0 Å². The summed E-state index contributed by atoms with van der Waals surface area (Å²) in [5.74, 6) is 1.74. The minimum Gasteiger partial charge on any atom is -0.494 e. The molecular formula is C17H18N2O2. The number of aromatic nitrogens is 2. The van der Waals surface area contributed by atoms with Gasteiger partial charge in [0.05, 0.1) is 24.4 Å². The number of hydrogen-bond acceptors (Lipinski definition) is 3. The van der Waals surface area contributed by atoms with Crippen LogP contribution in [0.15, 0.2) is 48.7 Å². The van der Waals surface area contributed by atoms with Gasteiger partial charge in [-0.3, -0.25) is 0 Å². The van der Waals surface area contributed by atoms with E-state index in [1.165, 1.54) is 0 Å². The fourth-order valence-electron chi connectivity index (χ4n) is 2.25. The van der Waals surface area contributed by atoms with E-state index in [0.29, 0.717) is 13.2 Å². The highest BCUT2D eigenvalue weighted by atomic mass is 16.5. The molecule has 0 fully saturated rings. The fraction of sp³-hybridized carbons (Fsp3) is 0.235. The van der Waals surface area contributed by atoms with Gasteiger partial charge < -0.3 is 9.47 Å². The van der Waals surface area contributed by atoms with Crippen LogP contribution in [0.4, 0.5) is 0 Å². The molecule has 4 heteroatoms. The van der Waals surface area contributed by atoms with Crippen LogP contribution in [-0.4, -0.2) is 23.0 Å². The van der Waals surface area contributed by atoms with Crippen molar-refractivity contribution in [3.05, 3.63) is 48.7 Å². The first kappa shape index (κ1) is 13.5. The van der Waals surface area contributed by atoms with Gasteiger partial charge in [0, 0.05) is 11.6 Å². The molecule has 0 amide bonds. The standard InChI is InChI=1S/C17H18N2O2/c1-3-20-15-7-5-14(6-8-15)19-12-13-11-16(21-4-2)9-10-17(13)18-19/h5-12H,3-4H2,1-2H3. The molecule has 0 saturated heterocycles. The molecule has 0 bridgehead atoms. The van der Waals surface area contributed by atoms with Crippen LogP contribution in [0.25, 0.3) is 16.6 Å². The van der Waals surface area contributed by atoms with Crippen LogP contribution in [0, 0.1) is 0 Å². The average molecular weight is 282 g/mol. The summed E-state index contributed by atoms with van der Waals surface area (Å²) in [5.41, 5.74) is 1.96. The van der Waals surface area contributed by atoms with Gasteiger partial charge in [0.15, 0.2) is 0 Å². The summed E-state index contributed by atoms with van der Waals surface area (Å²) in [5, 5.41) is 5.64. The SMILES string of the molecule is CCOc1ccc(-n2cc3cc(OCC)ccc3n2)cc1. The quantitative estimate of drug-likeness (QED) is 0.713. The van der Waals surface area contributed by atoms with Crippen molar-refractivity contribution in [2.45, 2.75) is 13.8 Å². The highest BCUT2D eigenvalue weighted by molar-refractivity contribution is 5.80. The van der Waals surface area contributed by atoms with Gasteiger partial charge in [-0.05, 0) is 56.3 Å². The maximum absolute atomic E-state index is 5.52. The van der Waals surface area contributed by atoms with Crippen molar-refractivity contribution in [3.63, 3.8) is 0 Å². The summed E-state index contributed by atoms with van der Waals surface area (Å²) in [6.45, 7) is 5.29. The predicted octanol–water partition coefficient (Wildman–Crippen LogP) is 3.82. The lowest BCUT2D eigenvalue weighted by Crippen LogP contribution is -1.95. The summed E-state index contributed by atoms with van der Waals surface area (Å²) in [7, 11) is 0. The lowest BCUT2D eigenvalue weighted by molar-refractivity contribution is 0.340. The van der Waals surface area contributed by atoms with E-state index in [2.05, 4.69) is 5.10 Å². The zero-order valence-electron chi connectivity index (χ0n) is 12.2. The van der Waals surface area contributed by atoms with E-state index < -0.39 is 0 Å². The first-order valence-corrected chi connectivity index (χ1v) is 7.15. The van der Waals surface area contributed by atoms with E-state index in [1.807, 2.05) is 67.2 Å². The highest BCUT2D eigenvalue weighted by Gasteiger charge is 2.04. The number of rotatable bonds is 5. The second-order valence-corrected chi connectivity index (χ2v) is 4.65. The van der Waals surface area contributed by atoms with Crippen LogP contribution in [0.3, 0.4) is 0 Å². The van der Waals surface area contributed by atoms with Crippen molar-refractivity contribution < 1.29 is 9.47 Å². The maximum Gasteiger partial charge on any atom is 0.120 e. The number of ether oxygens (including phenoxy) is 2. The molecule has 0 aliphatic carbocycles. The van der Waals surface area contributed by atoms with Crippen LogP contribution in [0.5, 0.6) is 11.5 Å². The van der Waals surface area contributed by atoms with Crippen molar-refractivity contribution in [1.29, 1.82) is 0 Å². The molecule has 0 saturated carbocycles. The van der Waals surface area contributed by atoms with Crippen molar-refractivity contribution in [2.75, 3.05) is 13.2 Å². The van der Waals surface area contributed by atoms with E-state index in [9.17, 15) is 0 Å². The number of nitrogens with zero attached hydrogens (tertiary/aromatic N) is 2. The van der Waals surface area contributed by atoms with Gasteiger partial charge in [0.1, 0.15) is 11.5 Å². The van der Waals surface area contributed by atoms with E-state index in [-0.39, 0.29) is 0 Å². The second kappa shape index (κ2) is 5.87. The summed E-state index contributed by atoms with van der Waals surface area (Å²) in [4.78, 5) is 0. The van der Waals surface area contributed by atoms with Crippen LogP contribution in [0.1, 0.15) is 13.8 Å². The Labute approximate surface area is 123 Å². The van der Waals surface area contributed by atoms with Crippen molar-refractivity contribution >= 4 is 10.9 Å². The highest BCUT2D eigenvalue weighted by Crippen LogP contribution is 2.22. The average Bonchev–Trinajstić information content (AvgIpc) is 2.92. The first-order chi connectivity index (χ1) is 10.3. The second-order valence-electron chi connectivity index (χ2n) is 4.65. The molecule has 0 aliphatic rings. The minimum absolute atomic E-state index is 0.665. The van der Waals surface area contributed by atoms with E-state index in [0.717, 1.165) is 28.1 Å². The van der Waals surface area contributed by atoms with Gasteiger partial charge in [-0.15, -0.1) is 0 Å². The summed E-state index contributed by atoms with van der Waals surface area (Å²) >= 11 is 0. The third kappa shape index (κ3) is 2.84. The molecule has 0 radical (unpaired) electrons. The number of hydrogen-bond donors (Lipinski definition) is 0. The number of fused-ring (bicyclic) bond motifs is 1. The first-order valence-electron chi connectivity index (χ1n) is 7.15. The molecule has 3 rings (SSSR count). The summed E-state index contributed by atoms with van der Waals surface area (Å²) in [6.07, 6.45) is 2.01. The Morgan fingerprint density at radius 3 is 2.29 bits per heavy atom. The smallest absolute Gasteiger partial charge is 0.120 e. The third-order valence-corrected chi connectivity index (χ3v) is 3.20. The van der Waals surface area contributed by atoms with Gasteiger partial charge >= 0.3 is 0 Å². The molecule has 0 aliphatic heterocycles. The maximum atomic E-state index is 5.52. The van der Waals surface area contributed by atoms with E-state index in [4.69, 9.17) is 9.47 Å². The van der Waals surface area contributed by atoms with Crippen LogP contribution < -0.4 is 9.47 Å².